The van der Waals surface area contributed by atoms with Gasteiger partial charge in [-0.05, 0) is 56.5 Å². The van der Waals surface area contributed by atoms with Crippen molar-refractivity contribution in [1.29, 1.82) is 0 Å². The van der Waals surface area contributed by atoms with Gasteiger partial charge in [0.2, 0.25) is 0 Å². The quantitative estimate of drug-likeness (QED) is 0.441. The Bertz CT molecular complexity index is 556. The molecule has 1 aromatic heterocycles. The van der Waals surface area contributed by atoms with Crippen molar-refractivity contribution in [3.63, 3.8) is 0 Å². The van der Waals surface area contributed by atoms with Crippen molar-refractivity contribution in [3.05, 3.63) is 11.6 Å². The summed E-state index contributed by atoms with van der Waals surface area (Å²) in [6.45, 7) is 8.20. The molecule has 6 nitrogen and oxygen atoms in total. The molecule has 1 heterocycles. The molecule has 1 saturated carbocycles. The molecule has 0 spiro atoms. The van der Waals surface area contributed by atoms with Gasteiger partial charge in [0.05, 0.1) is 0 Å². The lowest BCUT2D eigenvalue weighted by Gasteiger charge is -2.35. The fraction of sp³-hybridized carbons (Fsp3) is 0.833. The average Bonchev–Trinajstić information content (AvgIpc) is 2.90. The Hall–Kier alpha value is -1.24. The molecule has 0 unspecified atom stereocenters. The summed E-state index contributed by atoms with van der Waals surface area (Å²) in [5, 5.41) is 15.5. The minimum Gasteiger partial charge on any atom is -0.356 e. The highest BCUT2D eigenvalue weighted by Crippen LogP contribution is 2.34. The molecule has 7 heteroatoms. The lowest BCUT2D eigenvalue weighted by atomic mass is 9.75. The molecular weight excluding hydrogens is 332 g/mol. The van der Waals surface area contributed by atoms with E-state index >= 15 is 0 Å². The Kier molecular flexibility index (Phi) is 7.59. The van der Waals surface area contributed by atoms with Crippen LogP contribution in [0.1, 0.15) is 57.6 Å². The van der Waals surface area contributed by atoms with Crippen molar-refractivity contribution in [1.82, 2.24) is 25.4 Å². The second-order valence-corrected chi connectivity index (χ2v) is 8.73. The van der Waals surface area contributed by atoms with E-state index in [9.17, 15) is 0 Å². The van der Waals surface area contributed by atoms with Crippen molar-refractivity contribution in [3.8, 4) is 0 Å². The summed E-state index contributed by atoms with van der Waals surface area (Å²) < 4.78 is 2.00. The summed E-state index contributed by atoms with van der Waals surface area (Å²) in [7, 11) is 1.99. The molecule has 2 rings (SSSR count). The van der Waals surface area contributed by atoms with Gasteiger partial charge in [0.1, 0.15) is 12.4 Å². The molecule has 1 aliphatic rings. The summed E-state index contributed by atoms with van der Waals surface area (Å²) in [6.07, 6.45) is 8.25. The van der Waals surface area contributed by atoms with Crippen LogP contribution < -0.4 is 10.6 Å². The van der Waals surface area contributed by atoms with Gasteiger partial charge in [-0.2, -0.15) is 11.8 Å². The number of thioether (sulfide) groups is 1. The van der Waals surface area contributed by atoms with Gasteiger partial charge in [0.15, 0.2) is 11.8 Å². The minimum atomic E-state index is 0.484. The maximum absolute atomic E-state index is 4.76. The third-order valence-electron chi connectivity index (χ3n) is 5.06. The number of nitrogens with zero attached hydrogens (tertiary/aromatic N) is 4. The Morgan fingerprint density at radius 3 is 2.64 bits per heavy atom. The van der Waals surface area contributed by atoms with Crippen LogP contribution >= 0.6 is 11.8 Å². The summed E-state index contributed by atoms with van der Waals surface area (Å²) in [4.78, 5) is 4.76. The van der Waals surface area contributed by atoms with Gasteiger partial charge >= 0.3 is 0 Å². The topological polar surface area (TPSA) is 67.1 Å². The van der Waals surface area contributed by atoms with Crippen LogP contribution in [-0.4, -0.2) is 45.3 Å². The third-order valence-corrected chi connectivity index (χ3v) is 5.76. The van der Waals surface area contributed by atoms with Crippen LogP contribution in [0, 0.1) is 12.3 Å². The van der Waals surface area contributed by atoms with Crippen LogP contribution in [0.15, 0.2) is 4.99 Å². The van der Waals surface area contributed by atoms with E-state index in [4.69, 9.17) is 4.99 Å². The Balaban J connectivity index is 1.94. The standard InChI is InChI=1S/C18H34N6S/c1-14-22-23-16(24(14)4)13-20-17(19-11-6-12-25-5)21-15-7-9-18(2,3)10-8-15/h15H,6-13H2,1-5H3,(H2,19,20,21). The van der Waals surface area contributed by atoms with Crippen molar-refractivity contribution < 1.29 is 0 Å². The molecule has 0 aromatic carbocycles. The molecule has 0 aliphatic heterocycles. The molecule has 0 atom stereocenters. The van der Waals surface area contributed by atoms with E-state index in [2.05, 4.69) is 40.9 Å². The van der Waals surface area contributed by atoms with E-state index in [-0.39, 0.29) is 0 Å². The maximum Gasteiger partial charge on any atom is 0.191 e. The second kappa shape index (κ2) is 9.46. The fourth-order valence-electron chi connectivity index (χ4n) is 3.05. The van der Waals surface area contributed by atoms with E-state index in [1.165, 1.54) is 31.4 Å². The average molecular weight is 367 g/mol. The highest BCUT2D eigenvalue weighted by Gasteiger charge is 2.27. The smallest absolute Gasteiger partial charge is 0.191 e. The van der Waals surface area contributed by atoms with Crippen LogP contribution in [-0.2, 0) is 13.6 Å². The van der Waals surface area contributed by atoms with Gasteiger partial charge in [0.25, 0.3) is 0 Å². The molecule has 0 radical (unpaired) electrons. The Morgan fingerprint density at radius 1 is 1.32 bits per heavy atom. The predicted molar refractivity (Wildman–Crippen MR) is 107 cm³/mol. The normalized spacial score (nSPS) is 18.4. The summed E-state index contributed by atoms with van der Waals surface area (Å²) in [5.74, 6) is 3.89. The lowest BCUT2D eigenvalue weighted by molar-refractivity contribution is 0.216. The molecule has 1 aromatic rings. The molecule has 2 N–H and O–H groups in total. The van der Waals surface area contributed by atoms with E-state index in [1.807, 2.05) is 30.3 Å². The van der Waals surface area contributed by atoms with Gasteiger partial charge in [-0.25, -0.2) is 4.99 Å². The number of hydrogen-bond acceptors (Lipinski definition) is 4. The van der Waals surface area contributed by atoms with Gasteiger partial charge in [-0.1, -0.05) is 13.8 Å². The van der Waals surface area contributed by atoms with E-state index in [0.29, 0.717) is 18.0 Å². The first-order valence-corrected chi connectivity index (χ1v) is 10.7. The monoisotopic (exact) mass is 366 g/mol. The van der Waals surface area contributed by atoms with Gasteiger partial charge in [-0.15, -0.1) is 10.2 Å². The first-order valence-electron chi connectivity index (χ1n) is 9.30. The Labute approximate surface area is 156 Å². The van der Waals surface area contributed by atoms with Gasteiger partial charge in [0, 0.05) is 19.6 Å². The Morgan fingerprint density at radius 2 is 2.04 bits per heavy atom. The van der Waals surface area contributed by atoms with Crippen molar-refractivity contribution >= 4 is 17.7 Å². The SMILES string of the molecule is CSCCCNC(=NCc1nnc(C)n1C)NC1CCC(C)(C)CC1. The highest BCUT2D eigenvalue weighted by atomic mass is 32.2. The first-order chi connectivity index (χ1) is 11.9. The van der Waals surface area contributed by atoms with Crippen LogP contribution in [0.3, 0.4) is 0 Å². The maximum atomic E-state index is 4.76. The predicted octanol–water partition coefficient (Wildman–Crippen LogP) is 2.88. The molecule has 0 saturated heterocycles. The second-order valence-electron chi connectivity index (χ2n) is 7.74. The molecular formula is C18H34N6S. The zero-order valence-corrected chi connectivity index (χ0v) is 17.2. The number of nitrogens with one attached hydrogen (secondary N) is 2. The summed E-state index contributed by atoms with van der Waals surface area (Å²) in [5.41, 5.74) is 0.484. The first kappa shape index (κ1) is 20.1. The lowest BCUT2D eigenvalue weighted by Crippen LogP contribution is -2.46. The number of aliphatic imine (C=N–C) groups is 1. The molecule has 25 heavy (non-hydrogen) atoms. The molecule has 0 bridgehead atoms. The van der Waals surface area contributed by atoms with Crippen molar-refractivity contribution in [2.75, 3.05) is 18.6 Å². The van der Waals surface area contributed by atoms with Crippen molar-refractivity contribution in [2.24, 2.45) is 17.5 Å². The summed E-state index contributed by atoms with van der Waals surface area (Å²) >= 11 is 1.88. The number of hydrogen-bond donors (Lipinski definition) is 2. The van der Waals surface area contributed by atoms with Crippen LogP contribution in [0.4, 0.5) is 0 Å². The molecule has 1 aliphatic carbocycles. The zero-order valence-electron chi connectivity index (χ0n) is 16.4. The van der Waals surface area contributed by atoms with Gasteiger partial charge in [-0.3, -0.25) is 0 Å². The fourth-order valence-corrected chi connectivity index (χ4v) is 3.48. The third kappa shape index (κ3) is 6.53. The number of aryl methyl sites for hydroxylation is 1. The largest absolute Gasteiger partial charge is 0.356 e. The number of aromatic nitrogens is 3. The van der Waals surface area contributed by atoms with Gasteiger partial charge < -0.3 is 15.2 Å². The molecule has 0 amide bonds. The minimum absolute atomic E-state index is 0.484. The number of guanidine groups is 1. The van der Waals surface area contributed by atoms with Crippen LogP contribution in [0.25, 0.3) is 0 Å². The number of rotatable bonds is 7. The van der Waals surface area contributed by atoms with E-state index < -0.39 is 0 Å². The van der Waals surface area contributed by atoms with Crippen LogP contribution in [0.2, 0.25) is 0 Å². The van der Waals surface area contributed by atoms with Crippen LogP contribution in [0.5, 0.6) is 0 Å². The molecule has 1 fully saturated rings. The van der Waals surface area contributed by atoms with E-state index in [1.54, 1.807) is 0 Å². The zero-order chi connectivity index (χ0) is 18.3. The van der Waals surface area contributed by atoms with Crippen molar-refractivity contribution in [2.45, 2.75) is 65.5 Å². The highest BCUT2D eigenvalue weighted by molar-refractivity contribution is 7.98. The molecule has 142 valence electrons. The van der Waals surface area contributed by atoms with E-state index in [0.717, 1.165) is 30.6 Å². The summed E-state index contributed by atoms with van der Waals surface area (Å²) in [6, 6.07) is 0.515.